The first-order valence-electron chi connectivity index (χ1n) is 8.05. The predicted molar refractivity (Wildman–Crippen MR) is 88.8 cm³/mol. The van der Waals surface area contributed by atoms with Crippen LogP contribution in [-0.2, 0) is 6.42 Å². The van der Waals surface area contributed by atoms with Gasteiger partial charge in [-0.05, 0) is 6.42 Å². The van der Waals surface area contributed by atoms with E-state index in [-0.39, 0.29) is 5.82 Å². The van der Waals surface area contributed by atoms with Crippen molar-refractivity contribution in [2.75, 3.05) is 36.0 Å². The molecule has 0 N–H and O–H groups in total. The van der Waals surface area contributed by atoms with Crippen LogP contribution in [0.2, 0.25) is 0 Å². The van der Waals surface area contributed by atoms with Crippen LogP contribution >= 0.6 is 0 Å². The molecule has 3 aromatic rings. The predicted octanol–water partition coefficient (Wildman–Crippen LogP) is 1.55. The van der Waals surface area contributed by atoms with Gasteiger partial charge in [0.1, 0.15) is 6.33 Å². The normalized spacial score (nSPS) is 15.2. The van der Waals surface area contributed by atoms with Gasteiger partial charge in [0.05, 0.1) is 5.69 Å². The second-order valence-corrected chi connectivity index (χ2v) is 5.69. The van der Waals surface area contributed by atoms with Crippen molar-refractivity contribution in [1.82, 2.24) is 24.3 Å². The minimum Gasteiger partial charge on any atom is -0.351 e. The highest BCUT2D eigenvalue weighted by Crippen LogP contribution is 2.23. The van der Waals surface area contributed by atoms with Gasteiger partial charge in [-0.3, -0.25) is 0 Å². The highest BCUT2D eigenvalue weighted by Gasteiger charge is 2.24. The van der Waals surface area contributed by atoms with Gasteiger partial charge in [0.15, 0.2) is 23.1 Å². The minimum absolute atomic E-state index is 0.304. The van der Waals surface area contributed by atoms with Gasteiger partial charge in [-0.15, -0.1) is 0 Å². The Morgan fingerprint density at radius 3 is 2.29 bits per heavy atom. The van der Waals surface area contributed by atoms with Gasteiger partial charge in [-0.2, -0.15) is 0 Å². The molecule has 1 fully saturated rings. The molecule has 0 unspecified atom stereocenters. The standard InChI is InChI=1S/C16H18FN7/c1-2-12-13(17)14(21-11-20-12)23-7-9-24(10-8-23)16-15-18-3-5-22(15)6-4-19-16/h3-6,11H,2,7-10H2,1H3. The zero-order valence-corrected chi connectivity index (χ0v) is 13.4. The van der Waals surface area contributed by atoms with Crippen LogP contribution in [0, 0.1) is 5.82 Å². The molecule has 4 heterocycles. The van der Waals surface area contributed by atoms with E-state index >= 15 is 0 Å². The lowest BCUT2D eigenvalue weighted by Gasteiger charge is -2.36. The summed E-state index contributed by atoms with van der Waals surface area (Å²) in [5, 5.41) is 0. The molecule has 0 radical (unpaired) electrons. The molecule has 1 aliphatic heterocycles. The Hall–Kier alpha value is -2.77. The van der Waals surface area contributed by atoms with Gasteiger partial charge in [0, 0.05) is 51.0 Å². The van der Waals surface area contributed by atoms with E-state index in [4.69, 9.17) is 0 Å². The van der Waals surface area contributed by atoms with Gasteiger partial charge in [0.2, 0.25) is 0 Å². The maximum atomic E-state index is 14.4. The van der Waals surface area contributed by atoms with E-state index in [1.165, 1.54) is 6.33 Å². The molecule has 8 heteroatoms. The minimum atomic E-state index is -0.304. The first kappa shape index (κ1) is 14.8. The van der Waals surface area contributed by atoms with Crippen LogP contribution in [0.1, 0.15) is 12.6 Å². The summed E-state index contributed by atoms with van der Waals surface area (Å²) in [5.41, 5.74) is 1.30. The molecule has 7 nitrogen and oxygen atoms in total. The second-order valence-electron chi connectivity index (χ2n) is 5.69. The summed E-state index contributed by atoms with van der Waals surface area (Å²) < 4.78 is 16.4. The maximum absolute atomic E-state index is 14.4. The highest BCUT2D eigenvalue weighted by molar-refractivity contribution is 5.64. The fraction of sp³-hybridized carbons (Fsp3) is 0.375. The Labute approximate surface area is 138 Å². The van der Waals surface area contributed by atoms with E-state index in [0.717, 1.165) is 24.6 Å². The molecule has 1 aliphatic rings. The Bertz CT molecular complexity index is 855. The average molecular weight is 327 g/mol. The zero-order valence-electron chi connectivity index (χ0n) is 13.4. The van der Waals surface area contributed by atoms with Crippen LogP contribution in [0.15, 0.2) is 31.1 Å². The lowest BCUT2D eigenvalue weighted by atomic mass is 10.2. The average Bonchev–Trinajstić information content (AvgIpc) is 3.11. The molecule has 24 heavy (non-hydrogen) atoms. The molecule has 3 aromatic heterocycles. The molecule has 4 rings (SSSR count). The van der Waals surface area contributed by atoms with E-state index in [2.05, 4.69) is 24.8 Å². The highest BCUT2D eigenvalue weighted by atomic mass is 19.1. The summed E-state index contributed by atoms with van der Waals surface area (Å²) in [6, 6.07) is 0. The molecule has 124 valence electrons. The van der Waals surface area contributed by atoms with Crippen LogP contribution in [-0.4, -0.2) is 50.5 Å². The summed E-state index contributed by atoms with van der Waals surface area (Å²) in [4.78, 5) is 21.1. The third kappa shape index (κ3) is 2.44. The van der Waals surface area contributed by atoms with Crippen molar-refractivity contribution < 1.29 is 4.39 Å². The monoisotopic (exact) mass is 327 g/mol. The van der Waals surface area contributed by atoms with Crippen molar-refractivity contribution in [3.8, 4) is 0 Å². The Kier molecular flexibility index (Phi) is 3.72. The third-order valence-electron chi connectivity index (χ3n) is 4.35. The molecule has 0 atom stereocenters. The van der Waals surface area contributed by atoms with Gasteiger partial charge in [-0.25, -0.2) is 24.3 Å². The van der Waals surface area contributed by atoms with Crippen LogP contribution in [0.25, 0.3) is 5.65 Å². The number of rotatable bonds is 3. The first-order chi connectivity index (χ1) is 11.8. The largest absolute Gasteiger partial charge is 0.351 e. The lowest BCUT2D eigenvalue weighted by molar-refractivity contribution is 0.568. The van der Waals surface area contributed by atoms with Gasteiger partial charge >= 0.3 is 0 Å². The van der Waals surface area contributed by atoms with Crippen molar-refractivity contribution >= 4 is 17.3 Å². The van der Waals surface area contributed by atoms with Gasteiger partial charge in [-0.1, -0.05) is 6.92 Å². The van der Waals surface area contributed by atoms with Crippen molar-refractivity contribution in [2.45, 2.75) is 13.3 Å². The van der Waals surface area contributed by atoms with Crippen LogP contribution in [0.3, 0.4) is 0 Å². The van der Waals surface area contributed by atoms with E-state index in [9.17, 15) is 4.39 Å². The zero-order chi connectivity index (χ0) is 16.5. The van der Waals surface area contributed by atoms with Gasteiger partial charge < -0.3 is 14.2 Å². The second kappa shape index (κ2) is 6.03. The summed E-state index contributed by atoms with van der Waals surface area (Å²) in [5.74, 6) is 0.954. The van der Waals surface area contributed by atoms with E-state index in [0.29, 0.717) is 31.0 Å². The smallest absolute Gasteiger partial charge is 0.187 e. The molecule has 1 saturated heterocycles. The number of anilines is 2. The third-order valence-corrected chi connectivity index (χ3v) is 4.35. The van der Waals surface area contributed by atoms with E-state index < -0.39 is 0 Å². The molecule has 0 aliphatic carbocycles. The Morgan fingerprint density at radius 1 is 0.917 bits per heavy atom. The Balaban J connectivity index is 1.54. The van der Waals surface area contributed by atoms with Crippen LogP contribution < -0.4 is 9.80 Å². The molecule has 0 spiro atoms. The number of hydrogen-bond donors (Lipinski definition) is 0. The Morgan fingerprint density at radius 2 is 1.58 bits per heavy atom. The van der Waals surface area contributed by atoms with Crippen molar-refractivity contribution in [3.05, 3.63) is 42.6 Å². The van der Waals surface area contributed by atoms with E-state index in [1.807, 2.05) is 28.6 Å². The number of imidazole rings is 1. The van der Waals surface area contributed by atoms with Crippen molar-refractivity contribution in [2.24, 2.45) is 0 Å². The number of aryl methyl sites for hydroxylation is 1. The number of nitrogens with zero attached hydrogens (tertiary/aromatic N) is 7. The number of fused-ring (bicyclic) bond motifs is 1. The SMILES string of the molecule is CCc1ncnc(N2CCN(c3nccn4ccnc34)CC2)c1F. The summed E-state index contributed by atoms with van der Waals surface area (Å²) in [6.45, 7) is 4.74. The fourth-order valence-corrected chi connectivity index (χ4v) is 3.06. The van der Waals surface area contributed by atoms with Crippen LogP contribution in [0.4, 0.5) is 16.0 Å². The first-order valence-corrected chi connectivity index (χ1v) is 8.05. The fourth-order valence-electron chi connectivity index (χ4n) is 3.06. The summed E-state index contributed by atoms with van der Waals surface area (Å²) in [6.07, 6.45) is 9.32. The number of hydrogen-bond acceptors (Lipinski definition) is 6. The van der Waals surface area contributed by atoms with Gasteiger partial charge in [0.25, 0.3) is 0 Å². The summed E-state index contributed by atoms with van der Waals surface area (Å²) >= 11 is 0. The van der Waals surface area contributed by atoms with Crippen LogP contribution in [0.5, 0.6) is 0 Å². The lowest BCUT2D eigenvalue weighted by Crippen LogP contribution is -2.47. The number of aromatic nitrogens is 5. The van der Waals surface area contributed by atoms with E-state index in [1.54, 1.807) is 12.4 Å². The number of piperazine rings is 1. The quantitative estimate of drug-likeness (QED) is 0.727. The topological polar surface area (TPSA) is 62.5 Å². The molecule has 0 amide bonds. The number of halogens is 1. The van der Waals surface area contributed by atoms with Crippen molar-refractivity contribution in [3.63, 3.8) is 0 Å². The summed E-state index contributed by atoms with van der Waals surface area (Å²) in [7, 11) is 0. The maximum Gasteiger partial charge on any atom is 0.187 e. The van der Waals surface area contributed by atoms with Crippen molar-refractivity contribution in [1.29, 1.82) is 0 Å². The molecule has 0 bridgehead atoms. The molecule has 0 saturated carbocycles. The molecule has 0 aromatic carbocycles. The molecular formula is C16H18FN7. The molecular weight excluding hydrogens is 309 g/mol.